The Kier molecular flexibility index (Phi) is 5.88. The maximum atomic E-state index is 12.9. The van der Waals surface area contributed by atoms with E-state index in [0.717, 1.165) is 4.90 Å². The highest BCUT2D eigenvalue weighted by Crippen LogP contribution is 2.37. The number of hydrogen-bond donors (Lipinski definition) is 2. The molecule has 2 atom stereocenters. The average Bonchev–Trinajstić information content (AvgIpc) is 3.00. The third kappa shape index (κ3) is 4.96. The van der Waals surface area contributed by atoms with Crippen molar-refractivity contribution in [3.05, 3.63) is 24.3 Å². The molecule has 2 N–H and O–H groups in total. The van der Waals surface area contributed by atoms with Gasteiger partial charge in [0.25, 0.3) is 6.43 Å². The summed E-state index contributed by atoms with van der Waals surface area (Å²) in [7, 11) is 0. The number of halogens is 5. The van der Waals surface area contributed by atoms with Crippen molar-refractivity contribution in [1.29, 1.82) is 0 Å². The molecule has 2 rings (SSSR count). The van der Waals surface area contributed by atoms with Crippen LogP contribution in [0.4, 0.5) is 32.4 Å². The van der Waals surface area contributed by atoms with Crippen molar-refractivity contribution < 1.29 is 41.4 Å². The lowest BCUT2D eigenvalue weighted by atomic mass is 9.96. The summed E-state index contributed by atoms with van der Waals surface area (Å²) in [4.78, 5) is 23.9. The van der Waals surface area contributed by atoms with Gasteiger partial charge in [0, 0.05) is 18.8 Å². The highest BCUT2D eigenvalue weighted by atomic mass is 19.4. The minimum absolute atomic E-state index is 0.132. The molecule has 1 fully saturated rings. The highest BCUT2D eigenvalue weighted by molar-refractivity contribution is 5.90. The average molecular weight is 382 g/mol. The van der Waals surface area contributed by atoms with Crippen LogP contribution in [0.25, 0.3) is 0 Å². The second kappa shape index (κ2) is 7.75. The third-order valence-electron chi connectivity index (χ3n) is 3.83. The molecule has 1 aromatic carbocycles. The molecule has 0 saturated carbocycles. The molecule has 0 unspecified atom stereocenters. The standard InChI is InChI=1S/C15H15F5N2O4/c16-12(17)7-26-9-3-1-8(2-4-9)21-14(25)22-5-10(13(23)24)11(6-22)15(18,19)20/h1-4,10-12H,5-7H2,(H,21,25)(H,23,24)/t10-,11-/m1/s1. The number of carbonyl (C=O) groups excluding carboxylic acids is 1. The van der Waals surface area contributed by atoms with Gasteiger partial charge in [0.05, 0.1) is 11.8 Å². The number of ether oxygens (including phenoxy) is 1. The molecule has 2 amide bonds. The van der Waals surface area contributed by atoms with Gasteiger partial charge in [-0.3, -0.25) is 4.79 Å². The number of anilines is 1. The smallest absolute Gasteiger partial charge is 0.394 e. The number of amides is 2. The Morgan fingerprint density at radius 3 is 2.31 bits per heavy atom. The summed E-state index contributed by atoms with van der Waals surface area (Å²) in [6, 6.07) is 4.38. The molecule has 1 saturated heterocycles. The first kappa shape index (κ1) is 19.7. The molecule has 1 aromatic rings. The van der Waals surface area contributed by atoms with Crippen molar-refractivity contribution in [3.63, 3.8) is 0 Å². The van der Waals surface area contributed by atoms with Crippen LogP contribution in [-0.2, 0) is 4.79 Å². The third-order valence-corrected chi connectivity index (χ3v) is 3.83. The van der Waals surface area contributed by atoms with Crippen molar-refractivity contribution in [3.8, 4) is 5.75 Å². The molecule has 1 heterocycles. The lowest BCUT2D eigenvalue weighted by molar-refractivity contribution is -0.187. The fourth-order valence-electron chi connectivity index (χ4n) is 2.55. The minimum atomic E-state index is -4.73. The number of carbonyl (C=O) groups is 2. The Labute approximate surface area is 144 Å². The van der Waals surface area contributed by atoms with Gasteiger partial charge in [-0.05, 0) is 24.3 Å². The number of likely N-dealkylation sites (tertiary alicyclic amines) is 1. The van der Waals surface area contributed by atoms with Crippen LogP contribution in [-0.4, -0.2) is 54.3 Å². The van der Waals surface area contributed by atoms with Crippen LogP contribution in [0.15, 0.2) is 24.3 Å². The van der Waals surface area contributed by atoms with Crippen LogP contribution in [0.3, 0.4) is 0 Å². The number of alkyl halides is 5. The Morgan fingerprint density at radius 2 is 1.85 bits per heavy atom. The van der Waals surface area contributed by atoms with Gasteiger partial charge in [0.15, 0.2) is 0 Å². The van der Waals surface area contributed by atoms with Gasteiger partial charge in [0.2, 0.25) is 0 Å². The van der Waals surface area contributed by atoms with Crippen molar-refractivity contribution in [2.75, 3.05) is 25.0 Å². The summed E-state index contributed by atoms with van der Waals surface area (Å²) < 4.78 is 67.6. The first-order valence-electron chi connectivity index (χ1n) is 7.44. The van der Waals surface area contributed by atoms with Crippen molar-refractivity contribution in [1.82, 2.24) is 4.90 Å². The zero-order valence-electron chi connectivity index (χ0n) is 13.2. The number of carboxylic acid groups (broad SMARTS) is 1. The quantitative estimate of drug-likeness (QED) is 0.768. The Morgan fingerprint density at radius 1 is 1.23 bits per heavy atom. The predicted octanol–water partition coefficient (Wildman–Crippen LogP) is 3.06. The summed E-state index contributed by atoms with van der Waals surface area (Å²) >= 11 is 0. The summed E-state index contributed by atoms with van der Waals surface area (Å²) in [5.41, 5.74) is 0.196. The molecular formula is C15H15F5N2O4. The van der Waals surface area contributed by atoms with Crippen LogP contribution in [0.5, 0.6) is 5.75 Å². The maximum Gasteiger partial charge on any atom is 0.394 e. The molecule has 6 nitrogen and oxygen atoms in total. The normalized spacial score (nSPS) is 20.3. The Hall–Kier alpha value is -2.59. The molecule has 1 aliphatic rings. The van der Waals surface area contributed by atoms with Gasteiger partial charge in [0.1, 0.15) is 12.4 Å². The van der Waals surface area contributed by atoms with E-state index in [2.05, 4.69) is 5.32 Å². The van der Waals surface area contributed by atoms with Gasteiger partial charge in [-0.15, -0.1) is 0 Å². The number of rotatable bonds is 5. The molecule has 0 aromatic heterocycles. The fraction of sp³-hybridized carbons (Fsp3) is 0.467. The number of hydrogen-bond acceptors (Lipinski definition) is 3. The van der Waals surface area contributed by atoms with E-state index in [1.807, 2.05) is 0 Å². The molecule has 0 bridgehead atoms. The van der Waals surface area contributed by atoms with Crippen molar-refractivity contribution >= 4 is 17.7 Å². The van der Waals surface area contributed by atoms with Gasteiger partial charge in [-0.1, -0.05) is 0 Å². The van der Waals surface area contributed by atoms with E-state index in [-0.39, 0.29) is 11.4 Å². The van der Waals surface area contributed by atoms with Crippen molar-refractivity contribution in [2.24, 2.45) is 11.8 Å². The van der Waals surface area contributed by atoms with Gasteiger partial charge in [-0.25, -0.2) is 13.6 Å². The first-order valence-corrected chi connectivity index (χ1v) is 7.44. The lowest BCUT2D eigenvalue weighted by Gasteiger charge is -2.18. The predicted molar refractivity (Wildman–Crippen MR) is 79.2 cm³/mol. The second-order valence-electron chi connectivity index (χ2n) is 5.65. The van der Waals surface area contributed by atoms with E-state index in [4.69, 9.17) is 9.84 Å². The zero-order chi connectivity index (χ0) is 19.5. The molecule has 0 spiro atoms. The largest absolute Gasteiger partial charge is 0.488 e. The van der Waals surface area contributed by atoms with Gasteiger partial charge < -0.3 is 20.1 Å². The summed E-state index contributed by atoms with van der Waals surface area (Å²) in [6.45, 7) is -2.13. The van der Waals surface area contributed by atoms with E-state index in [0.29, 0.717) is 0 Å². The van der Waals surface area contributed by atoms with E-state index >= 15 is 0 Å². The molecule has 11 heteroatoms. The SMILES string of the molecule is O=C(O)[C@@H]1CN(C(=O)Nc2ccc(OCC(F)F)cc2)C[C@H]1C(F)(F)F. The topological polar surface area (TPSA) is 78.9 Å². The number of urea groups is 1. The summed E-state index contributed by atoms with van der Waals surface area (Å²) in [5, 5.41) is 11.3. The van der Waals surface area contributed by atoms with Gasteiger partial charge >= 0.3 is 18.2 Å². The van der Waals surface area contributed by atoms with E-state index in [1.54, 1.807) is 0 Å². The molecule has 1 aliphatic heterocycles. The molecular weight excluding hydrogens is 367 g/mol. The molecule has 0 radical (unpaired) electrons. The monoisotopic (exact) mass is 382 g/mol. The van der Waals surface area contributed by atoms with Crippen LogP contribution in [0.2, 0.25) is 0 Å². The summed E-state index contributed by atoms with van der Waals surface area (Å²) in [6.07, 6.45) is -7.38. The van der Waals surface area contributed by atoms with Gasteiger partial charge in [-0.2, -0.15) is 13.2 Å². The van der Waals surface area contributed by atoms with E-state index in [1.165, 1.54) is 24.3 Å². The fourth-order valence-corrected chi connectivity index (χ4v) is 2.55. The van der Waals surface area contributed by atoms with Crippen LogP contribution >= 0.6 is 0 Å². The first-order chi connectivity index (χ1) is 12.1. The molecule has 26 heavy (non-hydrogen) atoms. The van der Waals surface area contributed by atoms with Crippen LogP contribution in [0.1, 0.15) is 0 Å². The summed E-state index contributed by atoms with van der Waals surface area (Å²) in [5.74, 6) is -5.36. The minimum Gasteiger partial charge on any atom is -0.488 e. The Bertz CT molecular complexity index is 650. The number of carboxylic acids is 1. The lowest BCUT2D eigenvalue weighted by Crippen LogP contribution is -2.35. The number of nitrogens with one attached hydrogen (secondary N) is 1. The maximum absolute atomic E-state index is 12.9. The second-order valence-corrected chi connectivity index (χ2v) is 5.65. The Balaban J connectivity index is 1.98. The highest BCUT2D eigenvalue weighted by Gasteiger charge is 2.53. The van der Waals surface area contributed by atoms with Crippen molar-refractivity contribution in [2.45, 2.75) is 12.6 Å². The molecule has 0 aliphatic carbocycles. The van der Waals surface area contributed by atoms with Crippen LogP contribution < -0.4 is 10.1 Å². The number of aliphatic carboxylic acids is 1. The zero-order valence-corrected chi connectivity index (χ0v) is 13.2. The molecule has 144 valence electrons. The number of benzene rings is 1. The van der Waals surface area contributed by atoms with Crippen LogP contribution in [0, 0.1) is 11.8 Å². The number of nitrogens with zero attached hydrogens (tertiary/aromatic N) is 1. The van der Waals surface area contributed by atoms with E-state index < -0.39 is 56.1 Å². The van der Waals surface area contributed by atoms with E-state index in [9.17, 15) is 31.5 Å².